The fourth-order valence-corrected chi connectivity index (χ4v) is 11.8. The van der Waals surface area contributed by atoms with E-state index in [0.29, 0.717) is 6.42 Å². The molecule has 0 aliphatic carbocycles. The van der Waals surface area contributed by atoms with Gasteiger partial charge in [-0.25, -0.2) is 4.57 Å². The Kier molecular flexibility index (Phi) is 72.9. The number of hydrogen-bond donors (Lipinski definition) is 2. The van der Waals surface area contributed by atoms with Gasteiger partial charge in [0.25, 0.3) is 0 Å². The van der Waals surface area contributed by atoms with Crippen LogP contribution >= 0.6 is 7.82 Å². The van der Waals surface area contributed by atoms with Gasteiger partial charge >= 0.3 is 19.8 Å². The molecule has 10 heteroatoms. The lowest BCUT2D eigenvalue weighted by Crippen LogP contribution is -2.29. The number of allylic oxidation sites excluding steroid dienone is 18. The summed E-state index contributed by atoms with van der Waals surface area (Å²) < 4.78 is 33.3. The van der Waals surface area contributed by atoms with E-state index in [2.05, 4.69) is 123 Å². The van der Waals surface area contributed by atoms with E-state index >= 15 is 0 Å². The molecule has 2 atom stereocenters. The topological polar surface area (TPSA) is 134 Å². The molecule has 0 aromatic heterocycles. The molecule has 0 aliphatic heterocycles. The molecular weight excluding hydrogens is 1150 g/mol. The lowest BCUT2D eigenvalue weighted by atomic mass is 10.0. The zero-order valence-corrected chi connectivity index (χ0v) is 60.2. The number of carbonyl (C=O) groups is 2. The number of hydrogen-bond acceptors (Lipinski definition) is 8. The van der Waals surface area contributed by atoms with Crippen LogP contribution in [0.3, 0.4) is 0 Å². The van der Waals surface area contributed by atoms with Gasteiger partial charge in [-0.05, 0) is 103 Å². The summed E-state index contributed by atoms with van der Waals surface area (Å²) >= 11 is 0. The Morgan fingerprint density at radius 1 is 0.341 bits per heavy atom. The van der Waals surface area contributed by atoms with Gasteiger partial charge in [0.15, 0.2) is 6.10 Å². The average Bonchev–Trinajstić information content (AvgIpc) is 3.68. The van der Waals surface area contributed by atoms with E-state index in [4.69, 9.17) is 24.3 Å². The Bertz CT molecular complexity index is 1860. The maximum Gasteiger partial charge on any atom is 0.472 e. The fourth-order valence-electron chi connectivity index (χ4n) is 11.0. The third-order valence-electron chi connectivity index (χ3n) is 16.6. The van der Waals surface area contributed by atoms with Crippen LogP contribution in [0.5, 0.6) is 0 Å². The van der Waals surface area contributed by atoms with Crippen LogP contribution in [0, 0.1) is 0 Å². The van der Waals surface area contributed by atoms with Crippen molar-refractivity contribution in [3.05, 3.63) is 109 Å². The molecule has 0 saturated heterocycles. The molecule has 526 valence electrons. The van der Waals surface area contributed by atoms with Gasteiger partial charge in [0.1, 0.15) is 6.61 Å². The summed E-state index contributed by atoms with van der Waals surface area (Å²) in [6.45, 7) is 3.66. The molecular formula is C81H144NO8P. The molecule has 0 aliphatic rings. The molecule has 0 radical (unpaired) electrons. The monoisotopic (exact) mass is 1290 g/mol. The molecule has 2 unspecified atom stereocenters. The van der Waals surface area contributed by atoms with Crippen LogP contribution < -0.4 is 5.73 Å². The zero-order chi connectivity index (χ0) is 65.8. The SMILES string of the molecule is CC/C=C\C/C=C\C/C=C\C/C=C\C/C=C\C/C=C\C/C=C\CCCCCCCCCCCCCCCC(=O)OC(COC(=O)CCCCCCCCCCCCCCCCCCCCCCCCC/C=C\C/C=C\CCCCCCC)COP(=O)(O)OCCN. The quantitative estimate of drug-likeness (QED) is 0.0264. The number of nitrogens with two attached hydrogens (primary N) is 1. The first-order valence-electron chi connectivity index (χ1n) is 38.4. The van der Waals surface area contributed by atoms with Crippen LogP contribution in [0.1, 0.15) is 361 Å². The Hall–Kier alpha value is -3.33. The molecule has 0 aromatic rings. The largest absolute Gasteiger partial charge is 0.472 e. The van der Waals surface area contributed by atoms with E-state index in [0.717, 1.165) is 89.9 Å². The first-order valence-corrected chi connectivity index (χ1v) is 39.9. The van der Waals surface area contributed by atoms with Gasteiger partial charge in [-0.15, -0.1) is 0 Å². The maximum absolute atomic E-state index is 12.8. The van der Waals surface area contributed by atoms with E-state index in [1.54, 1.807) is 0 Å². The highest BCUT2D eigenvalue weighted by atomic mass is 31.2. The normalized spacial score (nSPS) is 13.5. The minimum Gasteiger partial charge on any atom is -0.462 e. The van der Waals surface area contributed by atoms with Crippen LogP contribution in [0.4, 0.5) is 0 Å². The summed E-state index contributed by atoms with van der Waals surface area (Å²) in [5, 5.41) is 0. The van der Waals surface area contributed by atoms with Crippen LogP contribution in [0.25, 0.3) is 0 Å². The van der Waals surface area contributed by atoms with E-state index in [9.17, 15) is 19.0 Å². The number of rotatable bonds is 72. The van der Waals surface area contributed by atoms with Crippen molar-refractivity contribution in [1.82, 2.24) is 0 Å². The highest BCUT2D eigenvalue weighted by Gasteiger charge is 2.26. The zero-order valence-electron chi connectivity index (χ0n) is 59.3. The molecule has 0 amide bonds. The van der Waals surface area contributed by atoms with Crippen molar-refractivity contribution in [3.63, 3.8) is 0 Å². The Morgan fingerprint density at radius 3 is 0.901 bits per heavy atom. The Morgan fingerprint density at radius 2 is 0.604 bits per heavy atom. The number of unbranched alkanes of at least 4 members (excludes halogenated alkanes) is 41. The molecule has 0 heterocycles. The van der Waals surface area contributed by atoms with Crippen molar-refractivity contribution in [2.45, 2.75) is 367 Å². The van der Waals surface area contributed by atoms with Crippen molar-refractivity contribution in [2.75, 3.05) is 26.4 Å². The number of phosphoric ester groups is 1. The first kappa shape index (κ1) is 87.7. The van der Waals surface area contributed by atoms with Crippen molar-refractivity contribution in [3.8, 4) is 0 Å². The predicted octanol–water partition coefficient (Wildman–Crippen LogP) is 25.6. The molecule has 0 rings (SSSR count). The smallest absolute Gasteiger partial charge is 0.462 e. The maximum atomic E-state index is 12.8. The van der Waals surface area contributed by atoms with Crippen LogP contribution in [-0.2, 0) is 32.7 Å². The highest BCUT2D eigenvalue weighted by Crippen LogP contribution is 2.43. The van der Waals surface area contributed by atoms with Crippen molar-refractivity contribution >= 4 is 19.8 Å². The van der Waals surface area contributed by atoms with Gasteiger partial charge < -0.3 is 20.1 Å². The summed E-state index contributed by atoms with van der Waals surface area (Å²) in [6.07, 6.45) is 105. The second kappa shape index (κ2) is 75.7. The van der Waals surface area contributed by atoms with Gasteiger partial charge in [-0.3, -0.25) is 18.6 Å². The van der Waals surface area contributed by atoms with E-state index in [-0.39, 0.29) is 38.6 Å². The number of esters is 2. The van der Waals surface area contributed by atoms with Gasteiger partial charge in [-0.1, -0.05) is 354 Å². The summed E-state index contributed by atoms with van der Waals surface area (Å²) in [5.41, 5.74) is 5.41. The van der Waals surface area contributed by atoms with Crippen LogP contribution in [-0.4, -0.2) is 49.3 Å². The Balaban J connectivity index is 3.83. The summed E-state index contributed by atoms with van der Waals surface area (Å²) in [6, 6.07) is 0. The number of phosphoric acid groups is 1. The van der Waals surface area contributed by atoms with Crippen LogP contribution in [0.15, 0.2) is 109 Å². The molecule has 0 bridgehead atoms. The van der Waals surface area contributed by atoms with E-state index in [1.807, 2.05) is 0 Å². The van der Waals surface area contributed by atoms with Crippen molar-refractivity contribution < 1.29 is 37.6 Å². The standard InChI is InChI=1S/C81H144NO8P/c1-3-5-7-9-11-13-15-17-19-21-23-25-27-29-31-33-35-37-39-41-43-45-47-49-51-53-55-57-59-61-63-65-67-69-71-73-80(83)87-77-79(78-89-91(85,86)88-76-75-82)90-81(84)74-72-70-68-66-64-62-60-58-56-54-52-50-48-46-44-42-40-38-36-34-32-30-28-26-24-22-20-18-16-14-12-10-8-6-4-2/h6,8,12,14-15,17-18,20-21,23-24,26,30,32,36,38,42,44,79H,3-5,7,9-11,13,16,19,22,25,27-29,31,33-35,37,39-41,43,45-78,82H2,1-2H3,(H,85,86)/b8-6-,14-12-,17-15-,20-18-,23-21-,26-24-,32-30-,38-36-,44-42-. The second-order valence-corrected chi connectivity index (χ2v) is 26.9. The molecule has 3 N–H and O–H groups in total. The van der Waals surface area contributed by atoms with Gasteiger partial charge in [0, 0.05) is 19.4 Å². The minimum absolute atomic E-state index is 0.0511. The van der Waals surface area contributed by atoms with Crippen molar-refractivity contribution in [1.29, 1.82) is 0 Å². The molecule has 9 nitrogen and oxygen atoms in total. The van der Waals surface area contributed by atoms with Gasteiger partial charge in [0.05, 0.1) is 13.2 Å². The van der Waals surface area contributed by atoms with Crippen LogP contribution in [0.2, 0.25) is 0 Å². The van der Waals surface area contributed by atoms with E-state index < -0.39 is 26.5 Å². The summed E-state index contributed by atoms with van der Waals surface area (Å²) in [7, 11) is -4.40. The average molecular weight is 1290 g/mol. The first-order chi connectivity index (χ1) is 44.8. The van der Waals surface area contributed by atoms with E-state index in [1.165, 1.54) is 238 Å². The Labute approximate surface area is 562 Å². The van der Waals surface area contributed by atoms with Gasteiger partial charge in [-0.2, -0.15) is 0 Å². The minimum atomic E-state index is -4.40. The molecule has 0 fully saturated rings. The summed E-state index contributed by atoms with van der Waals surface area (Å²) in [4.78, 5) is 35.4. The second-order valence-electron chi connectivity index (χ2n) is 25.5. The number of ether oxygens (including phenoxy) is 2. The van der Waals surface area contributed by atoms with Gasteiger partial charge in [0.2, 0.25) is 0 Å². The number of carbonyl (C=O) groups excluding carboxylic acids is 2. The molecule has 0 spiro atoms. The fraction of sp³-hybridized carbons (Fsp3) is 0.753. The third kappa shape index (κ3) is 75.6. The lowest BCUT2D eigenvalue weighted by molar-refractivity contribution is -0.161. The third-order valence-corrected chi connectivity index (χ3v) is 17.6. The predicted molar refractivity (Wildman–Crippen MR) is 395 cm³/mol. The summed E-state index contributed by atoms with van der Waals surface area (Å²) in [5.74, 6) is -0.817. The molecule has 0 saturated carbocycles. The highest BCUT2D eigenvalue weighted by molar-refractivity contribution is 7.47. The molecule has 91 heavy (non-hydrogen) atoms. The lowest BCUT2D eigenvalue weighted by Gasteiger charge is -2.19. The molecule has 0 aromatic carbocycles. The van der Waals surface area contributed by atoms with Crippen molar-refractivity contribution in [2.24, 2.45) is 5.73 Å².